The van der Waals surface area contributed by atoms with Gasteiger partial charge in [-0.25, -0.2) is 10.1 Å². The van der Waals surface area contributed by atoms with Crippen molar-refractivity contribution >= 4 is 28.1 Å². The number of rotatable bonds is 8. The molecule has 10 nitrogen and oxygen atoms in total. The van der Waals surface area contributed by atoms with Crippen LogP contribution in [-0.4, -0.2) is 82.6 Å². The van der Waals surface area contributed by atoms with Crippen molar-refractivity contribution in [3.8, 4) is 0 Å². The number of anilines is 2. The Kier molecular flexibility index (Phi) is 8.45. The van der Waals surface area contributed by atoms with Crippen LogP contribution in [0.25, 0.3) is 0 Å². The Hall–Kier alpha value is -2.92. The second-order valence-corrected chi connectivity index (χ2v) is 8.91. The van der Waals surface area contributed by atoms with Crippen LogP contribution in [0.3, 0.4) is 0 Å². The molecule has 3 N–H and O–H groups in total. The Balaban J connectivity index is 1.44. The van der Waals surface area contributed by atoms with E-state index in [-0.39, 0.29) is 37.9 Å². The number of aromatic amines is 1. The molecule has 0 aliphatic carbocycles. The van der Waals surface area contributed by atoms with E-state index in [4.69, 9.17) is 4.74 Å². The maximum absolute atomic E-state index is 13.1. The van der Waals surface area contributed by atoms with E-state index in [1.54, 1.807) is 10.00 Å². The maximum atomic E-state index is 13.1. The highest BCUT2D eigenvalue weighted by atomic mass is 32.1. The number of aliphatic hydroxyl groups excluding tert-OH is 1. The van der Waals surface area contributed by atoms with E-state index in [2.05, 4.69) is 15.4 Å². The number of nitrogens with one attached hydrogen (secondary N) is 2. The Morgan fingerprint density at radius 1 is 1.17 bits per heavy atom. The molecule has 1 aliphatic heterocycles. The average molecular weight is 544 g/mol. The topological polar surface area (TPSA) is 124 Å². The molecule has 2 aromatic rings. The summed E-state index contributed by atoms with van der Waals surface area (Å²) in [5.74, 6) is -0.650. The van der Waals surface area contributed by atoms with Crippen LogP contribution in [0.5, 0.6) is 0 Å². The fourth-order valence-corrected chi connectivity index (χ4v) is 4.23. The fraction of sp³-hybridized carbons (Fsp3) is 0.579. The summed E-state index contributed by atoms with van der Waals surface area (Å²) in [5, 5.41) is 17.9. The summed E-state index contributed by atoms with van der Waals surface area (Å²) in [5.41, 5.74) is -3.39. The molecule has 0 aromatic carbocycles. The number of halogens is 6. The molecule has 0 spiro atoms. The number of alkyl halides is 6. The first-order chi connectivity index (χ1) is 16.8. The predicted molar refractivity (Wildman–Crippen MR) is 116 cm³/mol. The van der Waals surface area contributed by atoms with Crippen molar-refractivity contribution in [3.63, 3.8) is 0 Å². The number of amides is 1. The van der Waals surface area contributed by atoms with Crippen LogP contribution in [0.4, 0.5) is 37.2 Å². The largest absolute Gasteiger partial charge is 0.427 e. The van der Waals surface area contributed by atoms with Crippen LogP contribution < -0.4 is 15.8 Å². The van der Waals surface area contributed by atoms with Crippen molar-refractivity contribution in [2.24, 2.45) is 0 Å². The van der Waals surface area contributed by atoms with Gasteiger partial charge in [0.05, 0.1) is 31.3 Å². The number of H-pyrrole nitrogens is 1. The highest BCUT2D eigenvalue weighted by molar-refractivity contribution is 7.15. The molecule has 0 saturated carbocycles. The van der Waals surface area contributed by atoms with Gasteiger partial charge >= 0.3 is 12.4 Å². The van der Waals surface area contributed by atoms with E-state index in [9.17, 15) is 41.0 Å². The van der Waals surface area contributed by atoms with Crippen LogP contribution in [0.2, 0.25) is 0 Å². The Labute approximate surface area is 203 Å². The number of thiazole rings is 1. The standard InChI is InChI=1S/C19H22F6N6O4S/c1-10(28-11-6-27-29-15(33)14(11)19(23,24)25)8-35-9-12(32)16(34)30-2-4-31(5-3-30)17-26-7-13(36-17)18(20,21)22/h6-7,10,12,32H,2-5,8-9H2,1H3,(H2,28,29,33). The van der Waals surface area contributed by atoms with Gasteiger partial charge in [0.2, 0.25) is 0 Å². The van der Waals surface area contributed by atoms with Gasteiger partial charge in [0, 0.05) is 32.2 Å². The summed E-state index contributed by atoms with van der Waals surface area (Å²) in [7, 11) is 0. The molecule has 3 heterocycles. The third-order valence-electron chi connectivity index (χ3n) is 5.10. The molecule has 1 fully saturated rings. The minimum absolute atomic E-state index is 0.143. The van der Waals surface area contributed by atoms with Gasteiger partial charge in [-0.3, -0.25) is 9.59 Å². The molecule has 1 aliphatic rings. The van der Waals surface area contributed by atoms with Gasteiger partial charge in [-0.15, -0.1) is 0 Å². The zero-order valence-corrected chi connectivity index (χ0v) is 19.5. The lowest BCUT2D eigenvalue weighted by Gasteiger charge is -2.35. The van der Waals surface area contributed by atoms with Gasteiger partial charge in [-0.2, -0.15) is 31.4 Å². The van der Waals surface area contributed by atoms with Gasteiger partial charge in [0.25, 0.3) is 11.5 Å². The average Bonchev–Trinajstić information content (AvgIpc) is 3.29. The monoisotopic (exact) mass is 544 g/mol. The first-order valence-corrected chi connectivity index (χ1v) is 11.3. The Morgan fingerprint density at radius 3 is 2.42 bits per heavy atom. The summed E-state index contributed by atoms with van der Waals surface area (Å²) >= 11 is 0.505. The van der Waals surface area contributed by atoms with Crippen LogP contribution in [-0.2, 0) is 21.9 Å². The number of hydrogen-bond donors (Lipinski definition) is 3. The van der Waals surface area contributed by atoms with E-state index >= 15 is 0 Å². The van der Waals surface area contributed by atoms with Gasteiger partial charge in [-0.05, 0) is 6.92 Å². The molecular formula is C19H22F6N6O4S. The smallest absolute Gasteiger partial charge is 0.381 e. The third-order valence-corrected chi connectivity index (χ3v) is 6.21. The molecule has 2 aromatic heterocycles. The van der Waals surface area contributed by atoms with Crippen molar-refractivity contribution in [2.75, 3.05) is 49.6 Å². The molecule has 1 saturated heterocycles. The molecule has 200 valence electrons. The van der Waals surface area contributed by atoms with Crippen molar-refractivity contribution in [2.45, 2.75) is 31.4 Å². The highest BCUT2D eigenvalue weighted by Gasteiger charge is 2.38. The van der Waals surface area contributed by atoms with Gasteiger partial charge in [0.15, 0.2) is 11.2 Å². The zero-order valence-electron chi connectivity index (χ0n) is 18.7. The number of carbonyl (C=O) groups is 1. The first kappa shape index (κ1) is 27.7. The molecule has 0 bridgehead atoms. The lowest BCUT2D eigenvalue weighted by molar-refractivity contribution is -0.143. The van der Waals surface area contributed by atoms with Crippen molar-refractivity contribution in [1.29, 1.82) is 0 Å². The molecule has 3 rings (SSSR count). The Morgan fingerprint density at radius 2 is 1.83 bits per heavy atom. The summed E-state index contributed by atoms with van der Waals surface area (Å²) in [6.07, 6.45) is -9.38. The number of piperazine rings is 1. The SMILES string of the molecule is CC(COCC(O)C(=O)N1CCN(c2ncc(C(F)(F)F)s2)CC1)Nc1cn[nH]c(=O)c1C(F)(F)F. The lowest BCUT2D eigenvalue weighted by Crippen LogP contribution is -2.52. The van der Waals surface area contributed by atoms with Crippen LogP contribution >= 0.6 is 11.3 Å². The molecule has 1 amide bonds. The summed E-state index contributed by atoms with van der Waals surface area (Å²) in [6, 6.07) is -0.736. The number of carbonyl (C=O) groups excluding carboxylic acids is 1. The van der Waals surface area contributed by atoms with Crippen LogP contribution in [0, 0.1) is 0 Å². The minimum atomic E-state index is -4.91. The molecular weight excluding hydrogens is 522 g/mol. The van der Waals surface area contributed by atoms with Gasteiger partial charge in [-0.1, -0.05) is 11.3 Å². The number of hydrogen-bond acceptors (Lipinski definition) is 9. The first-order valence-electron chi connectivity index (χ1n) is 10.5. The number of nitrogens with zero attached hydrogens (tertiary/aromatic N) is 4. The molecule has 0 radical (unpaired) electrons. The second-order valence-electron chi connectivity index (χ2n) is 7.90. The lowest BCUT2D eigenvalue weighted by atomic mass is 10.2. The summed E-state index contributed by atoms with van der Waals surface area (Å²) < 4.78 is 82.9. The normalized spacial score (nSPS) is 16.7. The van der Waals surface area contributed by atoms with E-state index in [0.717, 1.165) is 12.4 Å². The summed E-state index contributed by atoms with van der Waals surface area (Å²) in [6.45, 7) is 1.56. The third kappa shape index (κ3) is 6.85. The van der Waals surface area contributed by atoms with E-state index in [1.165, 1.54) is 11.8 Å². The van der Waals surface area contributed by atoms with Crippen LogP contribution in [0.15, 0.2) is 17.2 Å². The van der Waals surface area contributed by atoms with Gasteiger partial charge < -0.3 is 25.0 Å². The quantitative estimate of drug-likeness (QED) is 0.430. The predicted octanol–water partition coefficient (Wildman–Crippen LogP) is 1.79. The molecule has 2 unspecified atom stereocenters. The van der Waals surface area contributed by atoms with E-state index < -0.39 is 58.7 Å². The second kappa shape index (κ2) is 11.0. The zero-order chi connectivity index (χ0) is 26.7. The minimum Gasteiger partial charge on any atom is -0.381 e. The number of aliphatic hydroxyl groups is 1. The van der Waals surface area contributed by atoms with Crippen molar-refractivity contribution in [1.82, 2.24) is 20.1 Å². The summed E-state index contributed by atoms with van der Waals surface area (Å²) in [4.78, 5) is 29.9. The van der Waals surface area contributed by atoms with Crippen LogP contribution in [0.1, 0.15) is 17.4 Å². The number of aromatic nitrogens is 3. The van der Waals surface area contributed by atoms with Gasteiger partial charge in [0.1, 0.15) is 10.4 Å². The highest BCUT2D eigenvalue weighted by Crippen LogP contribution is 2.36. The van der Waals surface area contributed by atoms with Crippen molar-refractivity contribution < 1.29 is 41.0 Å². The van der Waals surface area contributed by atoms with E-state index in [0.29, 0.717) is 11.3 Å². The van der Waals surface area contributed by atoms with Crippen molar-refractivity contribution in [3.05, 3.63) is 33.2 Å². The fourth-order valence-electron chi connectivity index (χ4n) is 3.39. The maximum Gasteiger partial charge on any atom is 0.427 e. The Bertz CT molecular complexity index is 1100. The molecule has 36 heavy (non-hydrogen) atoms. The van der Waals surface area contributed by atoms with E-state index in [1.807, 2.05) is 0 Å². The number of ether oxygens (including phenoxy) is 1. The molecule has 17 heteroatoms. The molecule has 2 atom stereocenters.